The molecule has 80 valence electrons. The van der Waals surface area contributed by atoms with Crippen molar-refractivity contribution in [3.05, 3.63) is 70.8 Å². The highest BCUT2D eigenvalue weighted by Gasteiger charge is 2.11. The zero-order valence-electron chi connectivity index (χ0n) is 9.53. The minimum Gasteiger partial charge on any atom is -0.289 e. The van der Waals surface area contributed by atoms with Crippen molar-refractivity contribution in [2.24, 2.45) is 0 Å². The smallest absolute Gasteiger partial charge is 0.193 e. The molecule has 2 aromatic rings. The summed E-state index contributed by atoms with van der Waals surface area (Å²) in [5.41, 5.74) is 3.76. The Balaban J connectivity index is 2.46. The zero-order valence-corrected chi connectivity index (χ0v) is 9.53. The predicted octanol–water partition coefficient (Wildman–Crippen LogP) is 3.53. The Morgan fingerprint density at radius 3 is 2.25 bits per heavy atom. The predicted molar refractivity (Wildman–Crippen MR) is 65.8 cm³/mol. The minimum atomic E-state index is 0.0989. The molecule has 0 bridgehead atoms. The van der Waals surface area contributed by atoms with Gasteiger partial charge in [-0.25, -0.2) is 0 Å². The highest BCUT2D eigenvalue weighted by Crippen LogP contribution is 2.16. The third-order valence-corrected chi connectivity index (χ3v) is 2.89. The molecule has 0 saturated carbocycles. The molecule has 1 heteroatoms. The maximum Gasteiger partial charge on any atom is 0.193 e. The number of aryl methyl sites for hydroxylation is 1. The van der Waals surface area contributed by atoms with Crippen molar-refractivity contribution in [2.75, 3.05) is 0 Å². The van der Waals surface area contributed by atoms with Gasteiger partial charge in [0.05, 0.1) is 0 Å². The van der Waals surface area contributed by atoms with Gasteiger partial charge in [0.1, 0.15) is 0 Å². The van der Waals surface area contributed by atoms with Crippen molar-refractivity contribution in [1.82, 2.24) is 0 Å². The van der Waals surface area contributed by atoms with Crippen LogP contribution in [0.15, 0.2) is 48.5 Å². The minimum absolute atomic E-state index is 0.0989. The maximum absolute atomic E-state index is 12.2. The van der Waals surface area contributed by atoms with E-state index in [0.717, 1.165) is 22.3 Å². The Bertz CT molecular complexity index is 512. The lowest BCUT2D eigenvalue weighted by Crippen LogP contribution is -2.04. The SMILES string of the molecule is Cc1cccc(C(=O)c2ccccc2)c1C. The Morgan fingerprint density at radius 2 is 1.56 bits per heavy atom. The van der Waals surface area contributed by atoms with E-state index in [4.69, 9.17) is 0 Å². The first-order valence-electron chi connectivity index (χ1n) is 5.36. The number of carbonyl (C=O) groups excluding carboxylic acids is 1. The van der Waals surface area contributed by atoms with Gasteiger partial charge >= 0.3 is 0 Å². The molecule has 2 aromatic carbocycles. The molecule has 0 fully saturated rings. The van der Waals surface area contributed by atoms with Crippen LogP contribution >= 0.6 is 0 Å². The lowest BCUT2D eigenvalue weighted by Gasteiger charge is -2.07. The standard InChI is InChI=1S/C15H14O/c1-11-7-6-10-14(12(11)2)15(16)13-8-4-3-5-9-13/h3-10H,1-2H3. The van der Waals surface area contributed by atoms with E-state index < -0.39 is 0 Å². The van der Waals surface area contributed by atoms with Crippen LogP contribution in [0.5, 0.6) is 0 Å². The third-order valence-electron chi connectivity index (χ3n) is 2.89. The summed E-state index contributed by atoms with van der Waals surface area (Å²) in [7, 11) is 0. The van der Waals surface area contributed by atoms with Crippen LogP contribution < -0.4 is 0 Å². The second kappa shape index (κ2) is 4.31. The molecule has 0 radical (unpaired) electrons. The first-order valence-corrected chi connectivity index (χ1v) is 5.36. The summed E-state index contributed by atoms with van der Waals surface area (Å²) in [6.07, 6.45) is 0. The molecule has 0 aliphatic heterocycles. The average molecular weight is 210 g/mol. The molecule has 0 atom stereocenters. The van der Waals surface area contributed by atoms with Crippen LogP contribution in [0.25, 0.3) is 0 Å². The van der Waals surface area contributed by atoms with Gasteiger partial charge in [-0.1, -0.05) is 48.5 Å². The van der Waals surface area contributed by atoms with Crippen molar-refractivity contribution < 1.29 is 4.79 Å². The van der Waals surface area contributed by atoms with Gasteiger partial charge in [-0.2, -0.15) is 0 Å². The molecule has 0 aliphatic rings. The van der Waals surface area contributed by atoms with Gasteiger partial charge in [0.15, 0.2) is 5.78 Å². The fraction of sp³-hybridized carbons (Fsp3) is 0.133. The Morgan fingerprint density at radius 1 is 0.875 bits per heavy atom. The zero-order chi connectivity index (χ0) is 11.5. The summed E-state index contributed by atoms with van der Waals surface area (Å²) in [5.74, 6) is 0.0989. The second-order valence-electron chi connectivity index (χ2n) is 3.94. The summed E-state index contributed by atoms with van der Waals surface area (Å²) in [6.45, 7) is 4.02. The molecule has 0 N–H and O–H groups in total. The van der Waals surface area contributed by atoms with Crippen LogP contribution in [0.4, 0.5) is 0 Å². The van der Waals surface area contributed by atoms with Gasteiger partial charge in [0.2, 0.25) is 0 Å². The van der Waals surface area contributed by atoms with Crippen molar-refractivity contribution in [3.63, 3.8) is 0 Å². The molecular weight excluding hydrogens is 196 g/mol. The van der Waals surface area contributed by atoms with Gasteiger partial charge in [-0.05, 0) is 25.0 Å². The van der Waals surface area contributed by atoms with E-state index in [1.165, 1.54) is 0 Å². The summed E-state index contributed by atoms with van der Waals surface area (Å²) < 4.78 is 0. The number of carbonyl (C=O) groups is 1. The molecule has 0 heterocycles. The van der Waals surface area contributed by atoms with Gasteiger partial charge in [0.25, 0.3) is 0 Å². The molecule has 0 aliphatic carbocycles. The van der Waals surface area contributed by atoms with Crippen LogP contribution in [-0.4, -0.2) is 5.78 Å². The number of ketones is 1. The number of hydrogen-bond donors (Lipinski definition) is 0. The molecule has 16 heavy (non-hydrogen) atoms. The van der Waals surface area contributed by atoms with E-state index >= 15 is 0 Å². The largest absolute Gasteiger partial charge is 0.289 e. The van der Waals surface area contributed by atoms with Gasteiger partial charge in [0, 0.05) is 11.1 Å². The fourth-order valence-electron chi connectivity index (χ4n) is 1.74. The van der Waals surface area contributed by atoms with Gasteiger partial charge in [-0.3, -0.25) is 4.79 Å². The van der Waals surface area contributed by atoms with Crippen molar-refractivity contribution >= 4 is 5.78 Å². The molecule has 0 saturated heterocycles. The maximum atomic E-state index is 12.2. The van der Waals surface area contributed by atoms with Crippen LogP contribution in [-0.2, 0) is 0 Å². The average Bonchev–Trinajstić information content (AvgIpc) is 2.33. The second-order valence-corrected chi connectivity index (χ2v) is 3.94. The highest BCUT2D eigenvalue weighted by molar-refractivity contribution is 6.09. The van der Waals surface area contributed by atoms with E-state index in [1.807, 2.05) is 62.4 Å². The van der Waals surface area contributed by atoms with Crippen LogP contribution in [0.3, 0.4) is 0 Å². The first kappa shape index (κ1) is 10.6. The molecule has 0 aromatic heterocycles. The molecule has 0 amide bonds. The van der Waals surface area contributed by atoms with E-state index in [0.29, 0.717) is 0 Å². The van der Waals surface area contributed by atoms with Gasteiger partial charge < -0.3 is 0 Å². The van der Waals surface area contributed by atoms with E-state index in [2.05, 4.69) is 0 Å². The summed E-state index contributed by atoms with van der Waals surface area (Å²) >= 11 is 0. The van der Waals surface area contributed by atoms with Gasteiger partial charge in [-0.15, -0.1) is 0 Å². The number of hydrogen-bond acceptors (Lipinski definition) is 1. The third kappa shape index (κ3) is 1.89. The molecular formula is C15H14O. The monoisotopic (exact) mass is 210 g/mol. The summed E-state index contributed by atoms with van der Waals surface area (Å²) in [6, 6.07) is 15.2. The van der Waals surface area contributed by atoms with E-state index in [9.17, 15) is 4.79 Å². The van der Waals surface area contributed by atoms with Crippen LogP contribution in [0, 0.1) is 13.8 Å². The normalized spacial score (nSPS) is 10.1. The topological polar surface area (TPSA) is 17.1 Å². The lowest BCUT2D eigenvalue weighted by atomic mass is 9.96. The Hall–Kier alpha value is -1.89. The van der Waals surface area contributed by atoms with E-state index in [-0.39, 0.29) is 5.78 Å². The summed E-state index contributed by atoms with van der Waals surface area (Å²) in [4.78, 5) is 12.2. The van der Waals surface area contributed by atoms with Crippen molar-refractivity contribution in [2.45, 2.75) is 13.8 Å². The molecule has 0 spiro atoms. The lowest BCUT2D eigenvalue weighted by molar-refractivity contribution is 0.103. The van der Waals surface area contributed by atoms with Crippen LogP contribution in [0.1, 0.15) is 27.0 Å². The number of benzene rings is 2. The molecule has 1 nitrogen and oxygen atoms in total. The van der Waals surface area contributed by atoms with Crippen molar-refractivity contribution in [1.29, 1.82) is 0 Å². The quantitative estimate of drug-likeness (QED) is 0.693. The van der Waals surface area contributed by atoms with Crippen molar-refractivity contribution in [3.8, 4) is 0 Å². The molecule has 0 unspecified atom stereocenters. The summed E-state index contributed by atoms with van der Waals surface area (Å²) in [5, 5.41) is 0. The Kier molecular flexibility index (Phi) is 2.86. The highest BCUT2D eigenvalue weighted by atomic mass is 16.1. The fourth-order valence-corrected chi connectivity index (χ4v) is 1.74. The molecule has 2 rings (SSSR count). The van der Waals surface area contributed by atoms with E-state index in [1.54, 1.807) is 0 Å². The number of rotatable bonds is 2. The van der Waals surface area contributed by atoms with Crippen LogP contribution in [0.2, 0.25) is 0 Å². The Labute approximate surface area is 95.7 Å². The first-order chi connectivity index (χ1) is 7.70.